The second kappa shape index (κ2) is 28.0. The van der Waals surface area contributed by atoms with Crippen LogP contribution in [0.15, 0.2) is 50.1 Å². The first-order valence-corrected chi connectivity index (χ1v) is 8.94. The molecule has 0 fully saturated rings. The molecule has 172 valence electrons. The van der Waals surface area contributed by atoms with E-state index in [-0.39, 0.29) is 25.2 Å². The molecule has 0 aliphatic carbocycles. The minimum Gasteiger partial charge on any atom is -0.478 e. The summed E-state index contributed by atoms with van der Waals surface area (Å²) in [5.41, 5.74) is 0.350. The first-order chi connectivity index (χ1) is 14.1. The van der Waals surface area contributed by atoms with Gasteiger partial charge in [0.05, 0.1) is 19.8 Å². The predicted octanol–water partition coefficient (Wildman–Crippen LogP) is 2.61. The van der Waals surface area contributed by atoms with Crippen LogP contribution in [0.3, 0.4) is 0 Å². The van der Waals surface area contributed by atoms with E-state index < -0.39 is 11.9 Å². The summed E-state index contributed by atoms with van der Waals surface area (Å²) < 4.78 is 13.6. The normalized spacial score (nSPS) is 8.00. The molecule has 0 unspecified atom stereocenters. The van der Waals surface area contributed by atoms with Gasteiger partial charge in [0.25, 0.3) is 0 Å². The lowest BCUT2D eigenvalue weighted by Gasteiger charge is -1.99. The Morgan fingerprint density at radius 1 is 0.867 bits per heavy atom. The van der Waals surface area contributed by atoms with Crippen molar-refractivity contribution in [1.82, 2.24) is 0 Å². The number of aliphatic hydroxyl groups excluding tert-OH is 1. The summed E-state index contributed by atoms with van der Waals surface area (Å²) in [6.07, 6.45) is 5.13. The molecule has 0 aromatic heterocycles. The molecule has 0 atom stereocenters. The van der Waals surface area contributed by atoms with Crippen LogP contribution >= 0.6 is 0 Å². The highest BCUT2D eigenvalue weighted by Crippen LogP contribution is 1.90. The summed E-state index contributed by atoms with van der Waals surface area (Å²) >= 11 is 0. The molecule has 0 amide bonds. The average molecular weight is 430 g/mol. The van der Waals surface area contributed by atoms with E-state index >= 15 is 0 Å². The van der Waals surface area contributed by atoms with Crippen molar-refractivity contribution in [1.29, 1.82) is 0 Å². The van der Waals surface area contributed by atoms with Crippen LogP contribution < -0.4 is 0 Å². The molecular weight excluding hydrogens is 396 g/mol. The van der Waals surface area contributed by atoms with Crippen molar-refractivity contribution in [2.75, 3.05) is 26.4 Å². The lowest BCUT2D eigenvalue weighted by Crippen LogP contribution is -2.08. The van der Waals surface area contributed by atoms with Gasteiger partial charge in [-0.1, -0.05) is 39.7 Å². The van der Waals surface area contributed by atoms with Crippen molar-refractivity contribution in [3.8, 4) is 0 Å². The minimum atomic E-state index is -0.981. The van der Waals surface area contributed by atoms with Crippen LogP contribution in [0.25, 0.3) is 0 Å². The Labute approximate surface area is 178 Å². The smallest absolute Gasteiger partial charge is 0.333 e. The maximum Gasteiger partial charge on any atom is 0.333 e. The zero-order chi connectivity index (χ0) is 24.4. The van der Waals surface area contributed by atoms with Gasteiger partial charge in [-0.3, -0.25) is 0 Å². The Kier molecular flexibility index (Phi) is 32.0. The lowest BCUT2D eigenvalue weighted by atomic mass is 10.4. The Hall–Kier alpha value is -3.20. The van der Waals surface area contributed by atoms with Gasteiger partial charge in [-0.15, -0.1) is 0 Å². The lowest BCUT2D eigenvalue weighted by molar-refractivity contribution is -0.140. The van der Waals surface area contributed by atoms with E-state index in [1.807, 2.05) is 6.92 Å². The van der Waals surface area contributed by atoms with E-state index in [1.165, 1.54) is 6.08 Å². The molecule has 0 aromatic rings. The zero-order valence-electron chi connectivity index (χ0n) is 18.1. The third-order valence-electron chi connectivity index (χ3n) is 2.21. The molecule has 0 aromatic carbocycles. The number of unbranched alkanes of at least 4 members (excludes halogenated alkanes) is 1. The van der Waals surface area contributed by atoms with Gasteiger partial charge in [-0.2, -0.15) is 0 Å². The van der Waals surface area contributed by atoms with E-state index in [1.54, 1.807) is 13.8 Å². The Morgan fingerprint density at radius 3 is 1.60 bits per heavy atom. The molecule has 0 aliphatic heterocycles. The Morgan fingerprint density at radius 2 is 1.33 bits per heavy atom. The molecule has 0 saturated carbocycles. The van der Waals surface area contributed by atoms with Crippen LogP contribution in [0.1, 0.15) is 33.6 Å². The third-order valence-corrected chi connectivity index (χ3v) is 2.21. The number of carboxylic acid groups (broad SMARTS) is 1. The van der Waals surface area contributed by atoms with Crippen LogP contribution in [0.4, 0.5) is 0 Å². The van der Waals surface area contributed by atoms with E-state index in [2.05, 4.69) is 40.5 Å². The van der Waals surface area contributed by atoms with Gasteiger partial charge in [-0.05, 0) is 20.3 Å². The number of carboxylic acids is 1. The molecule has 0 rings (SSSR count). The number of aliphatic hydroxyl groups is 1. The summed E-state index contributed by atoms with van der Waals surface area (Å²) in [4.78, 5) is 40.1. The van der Waals surface area contributed by atoms with Gasteiger partial charge < -0.3 is 24.4 Å². The molecule has 0 radical (unpaired) electrons. The summed E-state index contributed by atoms with van der Waals surface area (Å²) in [7, 11) is 0. The molecule has 2 N–H and O–H groups in total. The number of aliphatic carboxylic acids is 1. The third kappa shape index (κ3) is 39.7. The van der Waals surface area contributed by atoms with Crippen molar-refractivity contribution in [3.05, 3.63) is 50.1 Å². The van der Waals surface area contributed by atoms with Crippen molar-refractivity contribution in [3.63, 3.8) is 0 Å². The highest BCUT2D eigenvalue weighted by Gasteiger charge is 1.99. The number of hydrogen-bond donors (Lipinski definition) is 2. The highest BCUT2D eigenvalue weighted by molar-refractivity contribution is 5.86. The van der Waals surface area contributed by atoms with E-state index in [0.717, 1.165) is 25.0 Å². The van der Waals surface area contributed by atoms with Crippen LogP contribution in [0.5, 0.6) is 0 Å². The number of esters is 3. The second-order valence-corrected chi connectivity index (χ2v) is 4.86. The van der Waals surface area contributed by atoms with Gasteiger partial charge in [0.2, 0.25) is 0 Å². The summed E-state index contributed by atoms with van der Waals surface area (Å²) in [5.74, 6) is -2.12. The minimum absolute atomic E-state index is 0.0473. The Bertz CT molecular complexity index is 535. The van der Waals surface area contributed by atoms with Crippen LogP contribution in [0, 0.1) is 0 Å². The first kappa shape index (κ1) is 34.3. The number of hydrogen-bond acceptors (Lipinski definition) is 8. The maximum absolute atomic E-state index is 10.5. The molecule has 9 heteroatoms. The monoisotopic (exact) mass is 430 g/mol. The van der Waals surface area contributed by atoms with Gasteiger partial charge in [-0.25, -0.2) is 19.2 Å². The quantitative estimate of drug-likeness (QED) is 0.232. The molecule has 0 bridgehead atoms. The van der Waals surface area contributed by atoms with Gasteiger partial charge in [0, 0.05) is 23.8 Å². The Balaban J connectivity index is -0.000000154. The largest absolute Gasteiger partial charge is 0.478 e. The molecule has 0 aliphatic rings. The van der Waals surface area contributed by atoms with Crippen LogP contribution in [-0.2, 0) is 33.4 Å². The van der Waals surface area contributed by atoms with E-state index in [0.29, 0.717) is 18.8 Å². The SMILES string of the molecule is C=C(C)C(=O)OCCO.C=CC(=O)O.C=CC(=O)OCC.C=CC(=O)OCCCC. The van der Waals surface area contributed by atoms with Crippen LogP contribution in [-0.4, -0.2) is 60.5 Å². The molecule has 9 nitrogen and oxygen atoms in total. The van der Waals surface area contributed by atoms with Crippen molar-refractivity contribution in [2.24, 2.45) is 0 Å². The summed E-state index contributed by atoms with van der Waals surface area (Å²) in [5, 5.41) is 15.8. The molecule has 0 heterocycles. The summed E-state index contributed by atoms with van der Waals surface area (Å²) in [6, 6.07) is 0. The van der Waals surface area contributed by atoms with E-state index in [4.69, 9.17) is 10.2 Å². The fourth-order valence-corrected chi connectivity index (χ4v) is 0.839. The van der Waals surface area contributed by atoms with Crippen molar-refractivity contribution < 1.29 is 43.6 Å². The maximum atomic E-state index is 10.5. The van der Waals surface area contributed by atoms with Crippen molar-refractivity contribution >= 4 is 23.9 Å². The number of carbonyl (C=O) groups is 4. The molecule has 0 saturated heterocycles. The molecular formula is C21H34O9. The average Bonchev–Trinajstić information content (AvgIpc) is 2.73. The fourth-order valence-electron chi connectivity index (χ4n) is 0.839. The first-order valence-electron chi connectivity index (χ1n) is 8.94. The standard InChI is InChI=1S/C7H12O2.C6H10O3.C5H8O2.C3H4O2/c1-3-5-6-9-7(8)4-2;1-5(2)6(8)9-4-3-7;1-3-5(6)7-4-2;1-2-3(4)5/h4H,2-3,5-6H2,1H3;7H,1,3-4H2,2H3;3H,1,4H2,2H3;2H,1H2,(H,4,5). The number of ether oxygens (including phenoxy) is 3. The number of carbonyl (C=O) groups excluding carboxylic acids is 3. The zero-order valence-corrected chi connectivity index (χ0v) is 18.1. The van der Waals surface area contributed by atoms with Crippen molar-refractivity contribution in [2.45, 2.75) is 33.6 Å². The fraction of sp³-hybridized carbons (Fsp3) is 0.429. The van der Waals surface area contributed by atoms with Gasteiger partial charge in [0.1, 0.15) is 6.61 Å². The van der Waals surface area contributed by atoms with Crippen LogP contribution in [0.2, 0.25) is 0 Å². The highest BCUT2D eigenvalue weighted by atomic mass is 16.5. The second-order valence-electron chi connectivity index (χ2n) is 4.86. The number of rotatable bonds is 10. The van der Waals surface area contributed by atoms with Gasteiger partial charge in [0.15, 0.2) is 0 Å². The topological polar surface area (TPSA) is 136 Å². The van der Waals surface area contributed by atoms with Gasteiger partial charge >= 0.3 is 23.9 Å². The van der Waals surface area contributed by atoms with E-state index in [9.17, 15) is 19.2 Å². The predicted molar refractivity (Wildman–Crippen MR) is 114 cm³/mol. The molecule has 0 spiro atoms. The molecule has 30 heavy (non-hydrogen) atoms. The summed E-state index contributed by atoms with van der Waals surface area (Å²) in [6.45, 7) is 19.0.